The fourth-order valence-corrected chi connectivity index (χ4v) is 4.10. The second-order valence-electron chi connectivity index (χ2n) is 7.20. The van der Waals surface area contributed by atoms with E-state index in [0.717, 1.165) is 24.1 Å². The summed E-state index contributed by atoms with van der Waals surface area (Å²) in [6, 6.07) is 6.32. The molecule has 0 saturated carbocycles. The number of benzene rings is 2. The predicted octanol–water partition coefficient (Wildman–Crippen LogP) is 4.08. The lowest BCUT2D eigenvalue weighted by Gasteiger charge is -2.39. The van der Waals surface area contributed by atoms with Gasteiger partial charge in [0.05, 0.1) is 48.3 Å². The minimum absolute atomic E-state index is 0.309. The zero-order valence-electron chi connectivity index (χ0n) is 18.8. The molecule has 0 saturated heterocycles. The molecule has 2 aromatic rings. The maximum absolute atomic E-state index is 5.80. The van der Waals surface area contributed by atoms with Gasteiger partial charge < -0.3 is 33.3 Å². The molecule has 1 unspecified atom stereocenters. The highest BCUT2D eigenvalue weighted by Gasteiger charge is 2.31. The summed E-state index contributed by atoms with van der Waals surface area (Å²) in [4.78, 5) is 2.33. The van der Waals surface area contributed by atoms with Gasteiger partial charge in [0.15, 0.2) is 23.0 Å². The van der Waals surface area contributed by atoms with Crippen molar-refractivity contribution in [2.45, 2.75) is 32.4 Å². The molecule has 1 aliphatic heterocycles. The Labute approximate surface area is 178 Å². The topological polar surface area (TPSA) is 58.6 Å². The standard InChI is InChI=1S/C23H31NO6/c1-14-8-9-16-12-19(27-4)22(29-6)23(30-7)20(16)24(14)13-15-10-17(25-2)21(28-5)18(11-15)26-3/h10-12,14H,8-9,13H2,1-7H3. The molecule has 164 valence electrons. The van der Waals surface area contributed by atoms with Crippen molar-refractivity contribution in [1.29, 1.82) is 0 Å². The van der Waals surface area contributed by atoms with Crippen molar-refractivity contribution in [3.63, 3.8) is 0 Å². The highest BCUT2D eigenvalue weighted by molar-refractivity contribution is 5.75. The molecule has 0 aromatic heterocycles. The van der Waals surface area contributed by atoms with Crippen molar-refractivity contribution >= 4 is 5.69 Å². The van der Waals surface area contributed by atoms with Gasteiger partial charge in [-0.3, -0.25) is 0 Å². The third-order valence-corrected chi connectivity index (χ3v) is 5.61. The molecule has 1 aliphatic rings. The van der Waals surface area contributed by atoms with Crippen molar-refractivity contribution in [1.82, 2.24) is 0 Å². The highest BCUT2D eigenvalue weighted by atomic mass is 16.5. The number of hydrogen-bond donors (Lipinski definition) is 0. The van der Waals surface area contributed by atoms with E-state index >= 15 is 0 Å². The zero-order valence-corrected chi connectivity index (χ0v) is 18.8. The Hall–Kier alpha value is -2.96. The van der Waals surface area contributed by atoms with Gasteiger partial charge in [-0.15, -0.1) is 0 Å². The molecule has 3 rings (SSSR count). The Bertz CT molecular complexity index is 873. The van der Waals surface area contributed by atoms with E-state index in [9.17, 15) is 0 Å². The van der Waals surface area contributed by atoms with Crippen molar-refractivity contribution in [2.75, 3.05) is 47.6 Å². The molecule has 1 atom stereocenters. The fraction of sp³-hybridized carbons (Fsp3) is 0.478. The van der Waals surface area contributed by atoms with E-state index in [-0.39, 0.29) is 0 Å². The van der Waals surface area contributed by atoms with E-state index in [0.29, 0.717) is 47.1 Å². The summed E-state index contributed by atoms with van der Waals surface area (Å²) in [6.07, 6.45) is 1.97. The molecule has 0 aliphatic carbocycles. The second-order valence-corrected chi connectivity index (χ2v) is 7.20. The van der Waals surface area contributed by atoms with Gasteiger partial charge >= 0.3 is 0 Å². The van der Waals surface area contributed by atoms with E-state index < -0.39 is 0 Å². The number of aryl methyl sites for hydroxylation is 1. The molecule has 0 N–H and O–H groups in total. The van der Waals surface area contributed by atoms with Crippen LogP contribution >= 0.6 is 0 Å². The first-order chi connectivity index (χ1) is 14.5. The summed E-state index contributed by atoms with van der Waals surface area (Å²) in [5.41, 5.74) is 3.25. The van der Waals surface area contributed by atoms with Crippen LogP contribution in [0.4, 0.5) is 5.69 Å². The third-order valence-electron chi connectivity index (χ3n) is 5.61. The third kappa shape index (κ3) is 3.76. The van der Waals surface area contributed by atoms with Crippen LogP contribution in [-0.2, 0) is 13.0 Å². The first-order valence-electron chi connectivity index (χ1n) is 9.90. The van der Waals surface area contributed by atoms with Gasteiger partial charge in [0.25, 0.3) is 0 Å². The van der Waals surface area contributed by atoms with Crippen LogP contribution in [0.2, 0.25) is 0 Å². The molecular formula is C23H31NO6. The van der Waals surface area contributed by atoms with Crippen molar-refractivity contribution in [3.8, 4) is 34.5 Å². The molecule has 7 heteroatoms. The van der Waals surface area contributed by atoms with Crippen molar-refractivity contribution in [2.24, 2.45) is 0 Å². The van der Waals surface area contributed by atoms with E-state index in [1.165, 1.54) is 5.56 Å². The van der Waals surface area contributed by atoms with Crippen molar-refractivity contribution < 1.29 is 28.4 Å². The molecule has 0 radical (unpaired) electrons. The van der Waals surface area contributed by atoms with Crippen LogP contribution in [0.5, 0.6) is 34.5 Å². The molecule has 30 heavy (non-hydrogen) atoms. The second kappa shape index (κ2) is 9.24. The van der Waals surface area contributed by atoms with Gasteiger partial charge in [0.1, 0.15) is 0 Å². The van der Waals surface area contributed by atoms with E-state index in [2.05, 4.69) is 11.8 Å². The average Bonchev–Trinajstić information content (AvgIpc) is 2.78. The lowest BCUT2D eigenvalue weighted by atomic mass is 9.94. The van der Waals surface area contributed by atoms with E-state index in [1.54, 1.807) is 42.7 Å². The molecule has 0 amide bonds. The van der Waals surface area contributed by atoms with Crippen LogP contribution in [0, 0.1) is 0 Å². The molecule has 0 spiro atoms. The molecule has 1 heterocycles. The maximum Gasteiger partial charge on any atom is 0.205 e. The van der Waals surface area contributed by atoms with E-state index in [1.807, 2.05) is 18.2 Å². The molecular weight excluding hydrogens is 386 g/mol. The van der Waals surface area contributed by atoms with Gasteiger partial charge in [-0.1, -0.05) is 0 Å². The molecule has 0 bridgehead atoms. The van der Waals surface area contributed by atoms with Gasteiger partial charge in [-0.05, 0) is 49.1 Å². The number of ether oxygens (including phenoxy) is 6. The lowest BCUT2D eigenvalue weighted by Crippen LogP contribution is -2.37. The monoisotopic (exact) mass is 417 g/mol. The SMILES string of the molecule is COc1cc(CN2c3c(cc(OC)c(OC)c3OC)CCC2C)cc(OC)c1OC. The minimum Gasteiger partial charge on any atom is -0.493 e. The van der Waals surface area contributed by atoms with Crippen LogP contribution in [0.3, 0.4) is 0 Å². The van der Waals surface area contributed by atoms with Gasteiger partial charge in [0.2, 0.25) is 11.5 Å². The molecule has 2 aromatic carbocycles. The minimum atomic E-state index is 0.309. The van der Waals surface area contributed by atoms with Crippen LogP contribution in [-0.4, -0.2) is 48.7 Å². The van der Waals surface area contributed by atoms with Crippen LogP contribution < -0.4 is 33.3 Å². The summed E-state index contributed by atoms with van der Waals surface area (Å²) in [6.45, 7) is 2.87. The van der Waals surface area contributed by atoms with Crippen LogP contribution in [0.15, 0.2) is 18.2 Å². The number of anilines is 1. The van der Waals surface area contributed by atoms with Crippen molar-refractivity contribution in [3.05, 3.63) is 29.3 Å². The lowest BCUT2D eigenvalue weighted by molar-refractivity contribution is 0.321. The molecule has 0 fully saturated rings. The number of rotatable bonds is 8. The zero-order chi connectivity index (χ0) is 21.8. The Morgan fingerprint density at radius 3 is 1.77 bits per heavy atom. The Kier molecular flexibility index (Phi) is 6.70. The summed E-state index contributed by atoms with van der Waals surface area (Å²) < 4.78 is 33.5. The quantitative estimate of drug-likeness (QED) is 0.641. The smallest absolute Gasteiger partial charge is 0.205 e. The highest BCUT2D eigenvalue weighted by Crippen LogP contribution is 2.50. The normalized spacial score (nSPS) is 15.3. The summed E-state index contributed by atoms with van der Waals surface area (Å²) in [7, 11) is 9.79. The summed E-state index contributed by atoms with van der Waals surface area (Å²) in [5.74, 6) is 3.82. The van der Waals surface area contributed by atoms with Gasteiger partial charge in [0, 0.05) is 12.6 Å². The van der Waals surface area contributed by atoms with Gasteiger partial charge in [-0.2, -0.15) is 0 Å². The maximum atomic E-state index is 5.80. The number of methoxy groups -OCH3 is 6. The fourth-order valence-electron chi connectivity index (χ4n) is 4.10. The number of fused-ring (bicyclic) bond motifs is 1. The van der Waals surface area contributed by atoms with E-state index in [4.69, 9.17) is 28.4 Å². The van der Waals surface area contributed by atoms with Crippen LogP contribution in [0.25, 0.3) is 0 Å². The first kappa shape index (κ1) is 21.7. The summed E-state index contributed by atoms with van der Waals surface area (Å²) in [5, 5.41) is 0. The Balaban J connectivity index is 2.11. The number of nitrogens with zero attached hydrogens (tertiary/aromatic N) is 1. The molecule has 7 nitrogen and oxygen atoms in total. The largest absolute Gasteiger partial charge is 0.493 e. The van der Waals surface area contributed by atoms with Crippen LogP contribution in [0.1, 0.15) is 24.5 Å². The summed E-state index contributed by atoms with van der Waals surface area (Å²) >= 11 is 0. The number of hydrogen-bond acceptors (Lipinski definition) is 7. The predicted molar refractivity (Wildman–Crippen MR) is 116 cm³/mol. The average molecular weight is 418 g/mol. The van der Waals surface area contributed by atoms with Gasteiger partial charge in [-0.25, -0.2) is 0 Å². The first-order valence-corrected chi connectivity index (χ1v) is 9.90. The Morgan fingerprint density at radius 1 is 0.733 bits per heavy atom. The Morgan fingerprint density at radius 2 is 1.27 bits per heavy atom.